The Bertz CT molecular complexity index is 1490. The lowest BCUT2D eigenvalue weighted by Crippen LogP contribution is -2.18. The molecule has 3 heterocycles. The van der Waals surface area contributed by atoms with E-state index in [0.29, 0.717) is 23.6 Å². The summed E-state index contributed by atoms with van der Waals surface area (Å²) in [6.07, 6.45) is 0. The third-order valence-corrected chi connectivity index (χ3v) is 6.06. The van der Waals surface area contributed by atoms with Crippen molar-refractivity contribution >= 4 is 55.6 Å². The topological polar surface area (TPSA) is 115 Å². The van der Waals surface area contributed by atoms with Crippen molar-refractivity contribution in [2.75, 3.05) is 23.2 Å². The first-order chi connectivity index (χ1) is 16.6. The summed E-state index contributed by atoms with van der Waals surface area (Å²) in [4.78, 5) is 26.0. The van der Waals surface area contributed by atoms with Gasteiger partial charge in [0.15, 0.2) is 0 Å². The number of halogens is 1. The fourth-order valence-electron chi connectivity index (χ4n) is 3.55. The summed E-state index contributed by atoms with van der Waals surface area (Å²) in [5, 5.41) is 9.80. The zero-order valence-corrected chi connectivity index (χ0v) is 18.6. The smallest absolute Gasteiger partial charge is 0.294 e. The van der Waals surface area contributed by atoms with Crippen molar-refractivity contribution in [2.24, 2.45) is 0 Å². The Morgan fingerprint density at radius 2 is 1.88 bits per heavy atom. The molecule has 1 amide bonds. The van der Waals surface area contributed by atoms with Crippen molar-refractivity contribution < 1.29 is 13.9 Å². The molecule has 34 heavy (non-hydrogen) atoms. The van der Waals surface area contributed by atoms with E-state index in [1.165, 1.54) is 11.3 Å². The van der Waals surface area contributed by atoms with Gasteiger partial charge in [-0.1, -0.05) is 24.3 Å². The number of ether oxygens (including phenoxy) is 1. The fraction of sp³-hybridized carbons (Fsp3) is 0.0833. The van der Waals surface area contributed by atoms with E-state index in [2.05, 4.69) is 25.6 Å². The quantitative estimate of drug-likeness (QED) is 0.304. The molecule has 2 aromatic carbocycles. The van der Waals surface area contributed by atoms with E-state index < -0.39 is 12.8 Å². The predicted octanol–water partition coefficient (Wildman–Crippen LogP) is 4.99. The highest BCUT2D eigenvalue weighted by atomic mass is 32.1. The molecule has 0 atom stereocenters. The van der Waals surface area contributed by atoms with Gasteiger partial charge in [0.05, 0.1) is 22.5 Å². The van der Waals surface area contributed by atoms with Crippen molar-refractivity contribution in [3.63, 3.8) is 0 Å². The maximum absolute atomic E-state index is 12.9. The first-order valence-electron chi connectivity index (χ1n) is 10.3. The Kier molecular flexibility index (Phi) is 5.88. The van der Waals surface area contributed by atoms with Crippen molar-refractivity contribution in [3.05, 3.63) is 77.6 Å². The highest BCUT2D eigenvalue weighted by molar-refractivity contribution is 7.17. The highest BCUT2D eigenvalue weighted by Gasteiger charge is 2.15. The summed E-state index contributed by atoms with van der Waals surface area (Å²) in [5.41, 5.74) is 8.17. The van der Waals surface area contributed by atoms with E-state index in [4.69, 9.17) is 10.5 Å². The lowest BCUT2D eigenvalue weighted by atomic mass is 10.1. The van der Waals surface area contributed by atoms with Gasteiger partial charge < -0.3 is 21.1 Å². The SMILES string of the molecule is Nc1nc(C(=O)Nc2cc3ccccc3c(CNc3ccc(OCF)cc3)n2)nc2ccsc12. The number of anilines is 3. The molecule has 10 heteroatoms. The van der Waals surface area contributed by atoms with Crippen LogP contribution in [0.2, 0.25) is 0 Å². The third kappa shape index (κ3) is 4.44. The number of pyridine rings is 1. The van der Waals surface area contributed by atoms with Gasteiger partial charge in [0.1, 0.15) is 17.4 Å². The second kappa shape index (κ2) is 9.28. The van der Waals surface area contributed by atoms with Crippen LogP contribution in [0.4, 0.5) is 21.7 Å². The molecule has 4 N–H and O–H groups in total. The minimum atomic E-state index is -0.875. The van der Waals surface area contributed by atoms with E-state index >= 15 is 0 Å². The number of alkyl halides is 1. The number of fused-ring (bicyclic) bond motifs is 2. The van der Waals surface area contributed by atoms with E-state index in [0.717, 1.165) is 26.9 Å². The molecule has 0 aliphatic rings. The summed E-state index contributed by atoms with van der Waals surface area (Å²) in [6, 6.07) is 18.3. The molecule has 3 aromatic heterocycles. The fourth-order valence-corrected chi connectivity index (χ4v) is 4.28. The summed E-state index contributed by atoms with van der Waals surface area (Å²) < 4.78 is 17.9. The average molecular weight is 475 g/mol. The lowest BCUT2D eigenvalue weighted by molar-refractivity contribution is 0.101. The van der Waals surface area contributed by atoms with Crippen LogP contribution in [0.25, 0.3) is 21.0 Å². The first-order valence-corrected chi connectivity index (χ1v) is 11.2. The van der Waals surface area contributed by atoms with Crippen LogP contribution in [0, 0.1) is 0 Å². The molecule has 0 radical (unpaired) electrons. The van der Waals surface area contributed by atoms with Gasteiger partial charge in [0.25, 0.3) is 5.91 Å². The summed E-state index contributed by atoms with van der Waals surface area (Å²) in [7, 11) is 0. The highest BCUT2D eigenvalue weighted by Crippen LogP contribution is 2.25. The van der Waals surface area contributed by atoms with Gasteiger partial charge in [-0.05, 0) is 47.2 Å². The van der Waals surface area contributed by atoms with Crippen LogP contribution in [0.3, 0.4) is 0 Å². The molecule has 5 rings (SSSR count). The Labute approximate surface area is 197 Å². The van der Waals surface area contributed by atoms with Crippen molar-refractivity contribution in [2.45, 2.75) is 6.54 Å². The third-order valence-electron chi connectivity index (χ3n) is 5.13. The van der Waals surface area contributed by atoms with Gasteiger partial charge in [-0.25, -0.2) is 19.3 Å². The number of aromatic nitrogens is 3. The van der Waals surface area contributed by atoms with Gasteiger partial charge in [-0.2, -0.15) is 0 Å². The van der Waals surface area contributed by atoms with Gasteiger partial charge in [-0.15, -0.1) is 11.3 Å². The number of hydrogen-bond acceptors (Lipinski definition) is 8. The number of hydrogen-bond donors (Lipinski definition) is 3. The number of nitrogen functional groups attached to an aromatic ring is 1. The lowest BCUT2D eigenvalue weighted by Gasteiger charge is -2.12. The summed E-state index contributed by atoms with van der Waals surface area (Å²) in [5.74, 6) is 0.576. The molecule has 0 aliphatic heterocycles. The van der Waals surface area contributed by atoms with Gasteiger partial charge in [0, 0.05) is 11.1 Å². The number of rotatable bonds is 7. The zero-order chi connectivity index (χ0) is 23.5. The molecule has 0 saturated carbocycles. The zero-order valence-electron chi connectivity index (χ0n) is 17.8. The average Bonchev–Trinajstić information content (AvgIpc) is 3.33. The maximum Gasteiger partial charge on any atom is 0.294 e. The number of benzene rings is 2. The summed E-state index contributed by atoms with van der Waals surface area (Å²) in [6.45, 7) is -0.474. The van der Waals surface area contributed by atoms with Crippen LogP contribution < -0.4 is 21.1 Å². The number of thiophene rings is 1. The predicted molar refractivity (Wildman–Crippen MR) is 132 cm³/mol. The minimum Gasteiger partial charge on any atom is -0.463 e. The van der Waals surface area contributed by atoms with Gasteiger partial charge in [0.2, 0.25) is 12.7 Å². The molecule has 0 bridgehead atoms. The Morgan fingerprint density at radius 1 is 1.06 bits per heavy atom. The Hall–Kier alpha value is -4.31. The Morgan fingerprint density at radius 3 is 2.71 bits per heavy atom. The molecular formula is C24H19FN6O2S. The maximum atomic E-state index is 12.9. The van der Waals surface area contributed by atoms with Crippen LogP contribution in [-0.4, -0.2) is 27.7 Å². The molecule has 0 saturated heterocycles. The van der Waals surface area contributed by atoms with Crippen molar-refractivity contribution in [1.29, 1.82) is 0 Å². The number of nitrogens with two attached hydrogens (primary N) is 1. The van der Waals surface area contributed by atoms with Crippen LogP contribution in [-0.2, 0) is 6.54 Å². The van der Waals surface area contributed by atoms with E-state index in [1.54, 1.807) is 36.4 Å². The van der Waals surface area contributed by atoms with Crippen LogP contribution in [0.5, 0.6) is 5.75 Å². The van der Waals surface area contributed by atoms with Crippen LogP contribution >= 0.6 is 11.3 Å². The number of carbonyl (C=O) groups is 1. The molecule has 5 aromatic rings. The minimum absolute atomic E-state index is 0.0198. The molecular weight excluding hydrogens is 455 g/mol. The summed E-state index contributed by atoms with van der Waals surface area (Å²) >= 11 is 1.42. The van der Waals surface area contributed by atoms with Crippen molar-refractivity contribution in [3.8, 4) is 5.75 Å². The molecule has 0 aliphatic carbocycles. The van der Waals surface area contributed by atoms with Crippen molar-refractivity contribution in [1.82, 2.24) is 15.0 Å². The number of nitrogens with one attached hydrogen (secondary N) is 2. The molecule has 0 fully saturated rings. The standard InChI is InChI=1S/C24H19FN6O2S/c25-13-33-16-7-5-15(6-8-16)27-12-19-17-4-2-1-3-14(17)11-20(28-19)30-24(32)23-29-18-9-10-34-21(18)22(26)31-23/h1-11,27H,12-13H2,(H2,26,29,31)(H,28,30,32). The number of amides is 1. The monoisotopic (exact) mass is 474 g/mol. The van der Waals surface area contributed by atoms with Gasteiger partial charge >= 0.3 is 0 Å². The van der Waals surface area contributed by atoms with Gasteiger partial charge in [-0.3, -0.25) is 4.79 Å². The van der Waals surface area contributed by atoms with Crippen LogP contribution in [0.1, 0.15) is 16.3 Å². The number of nitrogens with zero attached hydrogens (tertiary/aromatic N) is 3. The van der Waals surface area contributed by atoms with E-state index in [-0.39, 0.29) is 11.6 Å². The first kappa shape index (κ1) is 21.5. The molecule has 8 nitrogen and oxygen atoms in total. The Balaban J connectivity index is 1.40. The number of carbonyl (C=O) groups excluding carboxylic acids is 1. The molecule has 0 spiro atoms. The normalized spacial score (nSPS) is 11.0. The second-order valence-corrected chi connectivity index (χ2v) is 8.24. The second-order valence-electron chi connectivity index (χ2n) is 7.33. The van der Waals surface area contributed by atoms with E-state index in [9.17, 15) is 9.18 Å². The van der Waals surface area contributed by atoms with E-state index in [1.807, 2.05) is 29.6 Å². The molecule has 0 unspecified atom stereocenters. The largest absolute Gasteiger partial charge is 0.463 e. The van der Waals surface area contributed by atoms with Crippen LogP contribution in [0.15, 0.2) is 66.0 Å². The molecule has 170 valence electrons.